The Morgan fingerprint density at radius 3 is 2.82 bits per heavy atom. The van der Waals surface area contributed by atoms with Crippen molar-refractivity contribution in [3.05, 3.63) is 21.4 Å². The van der Waals surface area contributed by atoms with Crippen LogP contribution in [-0.4, -0.2) is 48.3 Å². The predicted octanol–water partition coefficient (Wildman–Crippen LogP) is 2.63. The molecule has 1 fully saturated rings. The first-order chi connectivity index (χ1) is 10.8. The van der Waals surface area contributed by atoms with E-state index in [1.807, 2.05) is 4.90 Å². The summed E-state index contributed by atoms with van der Waals surface area (Å²) in [6.45, 7) is 2.36. The molecule has 0 spiro atoms. The van der Waals surface area contributed by atoms with Gasteiger partial charge in [-0.3, -0.25) is 4.79 Å². The molecule has 0 bridgehead atoms. The molecule has 5 heteroatoms. The third-order valence-corrected chi connectivity index (χ3v) is 5.82. The number of rotatable bonds is 5. The van der Waals surface area contributed by atoms with Gasteiger partial charge in [-0.15, -0.1) is 11.3 Å². The van der Waals surface area contributed by atoms with Crippen molar-refractivity contribution in [2.24, 2.45) is 0 Å². The largest absolute Gasteiger partial charge is 0.396 e. The molecule has 1 aromatic heterocycles. The minimum Gasteiger partial charge on any atom is -0.396 e. The molecule has 1 saturated heterocycles. The van der Waals surface area contributed by atoms with Crippen molar-refractivity contribution >= 4 is 17.2 Å². The first-order valence-corrected chi connectivity index (χ1v) is 9.23. The van der Waals surface area contributed by atoms with Gasteiger partial charge in [0.25, 0.3) is 5.91 Å². The summed E-state index contributed by atoms with van der Waals surface area (Å²) in [6.07, 6.45) is 7.55. The van der Waals surface area contributed by atoms with Gasteiger partial charge in [0.1, 0.15) is 0 Å². The molecule has 1 aromatic rings. The van der Waals surface area contributed by atoms with Crippen molar-refractivity contribution in [3.8, 4) is 0 Å². The van der Waals surface area contributed by atoms with Crippen LogP contribution in [0.25, 0.3) is 0 Å². The maximum Gasteiger partial charge on any atom is 0.263 e. The van der Waals surface area contributed by atoms with E-state index in [1.54, 1.807) is 11.3 Å². The summed E-state index contributed by atoms with van der Waals surface area (Å²) in [7, 11) is 0. The van der Waals surface area contributed by atoms with Gasteiger partial charge in [0.05, 0.1) is 11.0 Å². The van der Waals surface area contributed by atoms with Crippen LogP contribution in [0.2, 0.25) is 0 Å². The molecule has 0 atom stereocenters. The fraction of sp³-hybridized carbons (Fsp3) is 0.706. The van der Waals surface area contributed by atoms with E-state index in [2.05, 4.69) is 6.07 Å². The van der Waals surface area contributed by atoms with Crippen LogP contribution < -0.4 is 0 Å². The van der Waals surface area contributed by atoms with Crippen LogP contribution in [0.15, 0.2) is 6.07 Å². The number of carbonyl (C=O) groups is 1. The van der Waals surface area contributed by atoms with Crippen molar-refractivity contribution in [2.75, 3.05) is 26.3 Å². The van der Waals surface area contributed by atoms with E-state index in [-0.39, 0.29) is 18.6 Å². The van der Waals surface area contributed by atoms with Crippen LogP contribution in [-0.2, 0) is 17.6 Å². The topological polar surface area (TPSA) is 49.8 Å². The second kappa shape index (κ2) is 7.57. The van der Waals surface area contributed by atoms with Gasteiger partial charge >= 0.3 is 0 Å². The van der Waals surface area contributed by atoms with Gasteiger partial charge in [-0.25, -0.2) is 0 Å². The zero-order chi connectivity index (χ0) is 15.4. The number of likely N-dealkylation sites (tertiary alicyclic amines) is 1. The number of carbonyl (C=O) groups excluding carboxylic acids is 1. The molecule has 0 saturated carbocycles. The highest BCUT2D eigenvalue weighted by Gasteiger charge is 2.26. The van der Waals surface area contributed by atoms with E-state index in [9.17, 15) is 4.79 Å². The molecule has 0 unspecified atom stereocenters. The SMILES string of the molecule is O=C(c1cc2c(s1)CCCC2)N1CCC(OCCCO)CC1. The Bertz CT molecular complexity index is 483. The molecule has 4 nitrogen and oxygen atoms in total. The van der Waals surface area contributed by atoms with Crippen LogP contribution in [0.4, 0.5) is 0 Å². The lowest BCUT2D eigenvalue weighted by Crippen LogP contribution is -2.40. The average Bonchev–Trinajstić information content (AvgIpc) is 2.99. The Balaban J connectivity index is 1.52. The third-order valence-electron chi connectivity index (χ3n) is 4.59. The Labute approximate surface area is 136 Å². The minimum absolute atomic E-state index is 0.181. The van der Waals surface area contributed by atoms with Crippen molar-refractivity contribution < 1.29 is 14.6 Å². The number of thiophene rings is 1. The van der Waals surface area contributed by atoms with E-state index in [0.717, 1.165) is 43.6 Å². The molecule has 1 aliphatic heterocycles. The molecule has 2 heterocycles. The molecule has 0 radical (unpaired) electrons. The lowest BCUT2D eigenvalue weighted by molar-refractivity contribution is 0.00409. The number of hydrogen-bond donors (Lipinski definition) is 1. The van der Waals surface area contributed by atoms with Crippen molar-refractivity contribution in [3.63, 3.8) is 0 Å². The number of hydrogen-bond acceptors (Lipinski definition) is 4. The molecule has 1 aliphatic carbocycles. The number of fused-ring (bicyclic) bond motifs is 1. The molecule has 122 valence electrons. The number of nitrogens with zero attached hydrogens (tertiary/aromatic N) is 1. The van der Waals surface area contributed by atoms with E-state index >= 15 is 0 Å². The molecule has 1 N–H and O–H groups in total. The average molecular weight is 323 g/mol. The standard InChI is InChI=1S/C17H25NO3S/c19-10-3-11-21-14-6-8-18(9-7-14)17(20)16-12-13-4-1-2-5-15(13)22-16/h12,14,19H,1-11H2. The van der Waals surface area contributed by atoms with Gasteiger partial charge in [0.15, 0.2) is 0 Å². The summed E-state index contributed by atoms with van der Waals surface area (Å²) < 4.78 is 5.73. The zero-order valence-electron chi connectivity index (χ0n) is 13.1. The Morgan fingerprint density at radius 2 is 2.09 bits per heavy atom. The van der Waals surface area contributed by atoms with Crippen LogP contribution in [0.1, 0.15) is 52.2 Å². The molecule has 22 heavy (non-hydrogen) atoms. The highest BCUT2D eigenvalue weighted by atomic mass is 32.1. The number of aliphatic hydroxyl groups excluding tert-OH is 1. The summed E-state index contributed by atoms with van der Waals surface area (Å²) in [5.41, 5.74) is 1.40. The van der Waals surface area contributed by atoms with Gasteiger partial charge in [-0.05, 0) is 56.6 Å². The number of aliphatic hydroxyl groups is 1. The van der Waals surface area contributed by atoms with Crippen molar-refractivity contribution in [1.29, 1.82) is 0 Å². The van der Waals surface area contributed by atoms with Crippen LogP contribution >= 0.6 is 11.3 Å². The molecule has 1 amide bonds. The van der Waals surface area contributed by atoms with E-state index in [0.29, 0.717) is 13.0 Å². The second-order valence-corrected chi connectivity index (χ2v) is 7.34. The minimum atomic E-state index is 0.181. The summed E-state index contributed by atoms with van der Waals surface area (Å²) in [6, 6.07) is 2.13. The van der Waals surface area contributed by atoms with Crippen molar-refractivity contribution in [2.45, 2.75) is 51.0 Å². The third kappa shape index (κ3) is 3.70. The van der Waals surface area contributed by atoms with Gasteiger partial charge in [-0.1, -0.05) is 0 Å². The number of ether oxygens (including phenoxy) is 1. The molecular weight excluding hydrogens is 298 g/mol. The fourth-order valence-electron chi connectivity index (χ4n) is 3.29. The first kappa shape index (κ1) is 16.0. The van der Waals surface area contributed by atoms with Crippen LogP contribution in [0, 0.1) is 0 Å². The summed E-state index contributed by atoms with van der Waals surface area (Å²) >= 11 is 1.70. The Morgan fingerprint density at radius 1 is 1.32 bits per heavy atom. The number of amides is 1. The van der Waals surface area contributed by atoms with E-state index < -0.39 is 0 Å². The quantitative estimate of drug-likeness (QED) is 0.848. The van der Waals surface area contributed by atoms with Crippen LogP contribution in [0.5, 0.6) is 0 Å². The lowest BCUT2D eigenvalue weighted by Gasteiger charge is -2.31. The van der Waals surface area contributed by atoms with Gasteiger partial charge in [-0.2, -0.15) is 0 Å². The summed E-state index contributed by atoms with van der Waals surface area (Å²) in [5.74, 6) is 0.202. The summed E-state index contributed by atoms with van der Waals surface area (Å²) in [4.78, 5) is 17.0. The highest BCUT2D eigenvalue weighted by molar-refractivity contribution is 7.14. The maximum absolute atomic E-state index is 12.6. The predicted molar refractivity (Wildman–Crippen MR) is 87.5 cm³/mol. The molecule has 3 rings (SSSR count). The lowest BCUT2D eigenvalue weighted by atomic mass is 9.99. The van der Waals surface area contributed by atoms with Crippen molar-refractivity contribution in [1.82, 2.24) is 4.90 Å². The second-order valence-electron chi connectivity index (χ2n) is 6.21. The number of aryl methyl sites for hydroxylation is 2. The Hall–Kier alpha value is -0.910. The zero-order valence-corrected chi connectivity index (χ0v) is 13.9. The maximum atomic E-state index is 12.6. The van der Waals surface area contributed by atoms with Gasteiger partial charge in [0, 0.05) is 31.2 Å². The molecule has 0 aromatic carbocycles. The smallest absolute Gasteiger partial charge is 0.263 e. The summed E-state index contributed by atoms with van der Waals surface area (Å²) in [5, 5.41) is 8.77. The normalized spacial score (nSPS) is 19.2. The highest BCUT2D eigenvalue weighted by Crippen LogP contribution is 2.31. The first-order valence-electron chi connectivity index (χ1n) is 8.41. The van der Waals surface area contributed by atoms with Crippen LogP contribution in [0.3, 0.4) is 0 Å². The Kier molecular flexibility index (Phi) is 5.50. The van der Waals surface area contributed by atoms with E-state index in [4.69, 9.17) is 9.84 Å². The molecule has 2 aliphatic rings. The fourth-order valence-corrected chi connectivity index (χ4v) is 4.51. The molecular formula is C17H25NO3S. The number of piperidine rings is 1. The van der Waals surface area contributed by atoms with E-state index in [1.165, 1.54) is 23.3 Å². The van der Waals surface area contributed by atoms with Gasteiger partial charge < -0.3 is 14.7 Å². The monoisotopic (exact) mass is 323 g/mol. The van der Waals surface area contributed by atoms with Gasteiger partial charge in [0.2, 0.25) is 0 Å².